The van der Waals surface area contributed by atoms with Crippen LogP contribution in [-0.2, 0) is 14.4 Å². The molecule has 0 heterocycles. The molecule has 1 amide bonds. The molecule has 0 atom stereocenters. The van der Waals surface area contributed by atoms with Gasteiger partial charge in [0.1, 0.15) is 0 Å². The summed E-state index contributed by atoms with van der Waals surface area (Å²) < 4.78 is 0. The highest BCUT2D eigenvalue weighted by Gasteiger charge is 2.05. The first-order valence-corrected chi connectivity index (χ1v) is 5.04. The fraction of sp³-hybridized carbons (Fsp3) is 0.545. The van der Waals surface area contributed by atoms with E-state index in [4.69, 9.17) is 0 Å². The third-order valence-electron chi connectivity index (χ3n) is 1.83. The number of Topliss-reactive ketones (excluding diaryl/α,β-unsaturated/α-hetero) is 1. The number of ketones is 2. The third kappa shape index (κ3) is 7.61. The molecule has 0 aliphatic rings. The molecular formula is C11H17NO3. The summed E-state index contributed by atoms with van der Waals surface area (Å²) in [6.45, 7) is 3.55. The fourth-order valence-corrected chi connectivity index (χ4v) is 0.917. The van der Waals surface area contributed by atoms with Crippen molar-refractivity contribution in [1.29, 1.82) is 0 Å². The van der Waals surface area contributed by atoms with E-state index in [-0.39, 0.29) is 36.9 Å². The van der Waals surface area contributed by atoms with Crippen LogP contribution >= 0.6 is 0 Å². The van der Waals surface area contributed by atoms with Crippen LogP contribution in [0.15, 0.2) is 12.2 Å². The second-order valence-corrected chi connectivity index (χ2v) is 3.14. The van der Waals surface area contributed by atoms with Crippen LogP contribution in [0.4, 0.5) is 0 Å². The highest BCUT2D eigenvalue weighted by atomic mass is 16.2. The van der Waals surface area contributed by atoms with Gasteiger partial charge in [0, 0.05) is 19.3 Å². The van der Waals surface area contributed by atoms with Crippen molar-refractivity contribution in [3.8, 4) is 0 Å². The van der Waals surface area contributed by atoms with Crippen LogP contribution in [0.1, 0.15) is 33.1 Å². The number of rotatable bonds is 7. The maximum atomic E-state index is 11.1. The minimum atomic E-state index is -0.255. The van der Waals surface area contributed by atoms with Crippen LogP contribution in [0.5, 0.6) is 0 Å². The Morgan fingerprint density at radius 1 is 1.20 bits per heavy atom. The topological polar surface area (TPSA) is 63.2 Å². The Kier molecular flexibility index (Phi) is 7.14. The summed E-state index contributed by atoms with van der Waals surface area (Å²) in [6.07, 6.45) is 3.82. The third-order valence-corrected chi connectivity index (χ3v) is 1.83. The molecule has 0 aromatic carbocycles. The Hall–Kier alpha value is -1.45. The first kappa shape index (κ1) is 13.5. The number of hydrogen-bond donors (Lipinski definition) is 1. The smallest absolute Gasteiger partial charge is 0.220 e. The van der Waals surface area contributed by atoms with Crippen molar-refractivity contribution >= 4 is 17.5 Å². The lowest BCUT2D eigenvalue weighted by Crippen LogP contribution is -2.29. The molecule has 0 fully saturated rings. The van der Waals surface area contributed by atoms with Crippen LogP contribution in [0.25, 0.3) is 0 Å². The number of allylic oxidation sites excluding steroid dienone is 2. The van der Waals surface area contributed by atoms with Gasteiger partial charge in [-0.3, -0.25) is 14.4 Å². The number of amides is 1. The summed E-state index contributed by atoms with van der Waals surface area (Å²) in [7, 11) is 0. The van der Waals surface area contributed by atoms with E-state index in [0.717, 1.165) is 0 Å². The summed E-state index contributed by atoms with van der Waals surface area (Å²) in [5.41, 5.74) is 0. The van der Waals surface area contributed by atoms with Gasteiger partial charge < -0.3 is 5.32 Å². The number of carbonyl (C=O) groups excluding carboxylic acids is 3. The second kappa shape index (κ2) is 7.91. The molecule has 4 nitrogen and oxygen atoms in total. The average molecular weight is 211 g/mol. The van der Waals surface area contributed by atoms with Crippen LogP contribution in [0.2, 0.25) is 0 Å². The molecule has 0 aromatic rings. The SMILES string of the molecule is C/C=C/C(=O)CCC(=O)NCC(=O)CC. The van der Waals surface area contributed by atoms with Crippen LogP contribution in [-0.4, -0.2) is 24.0 Å². The summed E-state index contributed by atoms with van der Waals surface area (Å²) in [5, 5.41) is 2.47. The van der Waals surface area contributed by atoms with E-state index in [2.05, 4.69) is 5.32 Å². The normalized spacial score (nSPS) is 10.3. The first-order valence-electron chi connectivity index (χ1n) is 5.04. The van der Waals surface area contributed by atoms with Gasteiger partial charge in [-0.05, 0) is 13.0 Å². The summed E-state index contributed by atoms with van der Waals surface area (Å²) >= 11 is 0. The molecule has 15 heavy (non-hydrogen) atoms. The minimum absolute atomic E-state index is 0.0110. The zero-order valence-electron chi connectivity index (χ0n) is 9.21. The maximum Gasteiger partial charge on any atom is 0.220 e. The highest BCUT2D eigenvalue weighted by Crippen LogP contribution is 1.92. The number of carbonyl (C=O) groups is 3. The Morgan fingerprint density at radius 3 is 2.40 bits per heavy atom. The molecule has 0 bridgehead atoms. The molecule has 0 aliphatic heterocycles. The molecule has 0 saturated heterocycles. The zero-order valence-corrected chi connectivity index (χ0v) is 9.21. The van der Waals surface area contributed by atoms with Crippen LogP contribution < -0.4 is 5.32 Å². The molecule has 0 aromatic heterocycles. The minimum Gasteiger partial charge on any atom is -0.349 e. The molecule has 4 heteroatoms. The van der Waals surface area contributed by atoms with Gasteiger partial charge in [-0.1, -0.05) is 13.0 Å². The van der Waals surface area contributed by atoms with Crippen LogP contribution in [0.3, 0.4) is 0 Å². The van der Waals surface area contributed by atoms with Crippen molar-refractivity contribution in [2.75, 3.05) is 6.54 Å². The lowest BCUT2D eigenvalue weighted by Gasteiger charge is -2.01. The van der Waals surface area contributed by atoms with E-state index in [1.165, 1.54) is 6.08 Å². The lowest BCUT2D eigenvalue weighted by molar-refractivity contribution is -0.126. The molecule has 0 saturated carbocycles. The van der Waals surface area contributed by atoms with Gasteiger partial charge in [-0.25, -0.2) is 0 Å². The quantitative estimate of drug-likeness (QED) is 0.639. The molecule has 84 valence electrons. The fourth-order valence-electron chi connectivity index (χ4n) is 0.917. The molecule has 0 rings (SSSR count). The van der Waals surface area contributed by atoms with E-state index >= 15 is 0 Å². The van der Waals surface area contributed by atoms with Gasteiger partial charge in [0.05, 0.1) is 6.54 Å². The summed E-state index contributed by atoms with van der Waals surface area (Å²) in [6, 6.07) is 0. The maximum absolute atomic E-state index is 11.1. The van der Waals surface area contributed by atoms with Gasteiger partial charge in [-0.2, -0.15) is 0 Å². The molecule has 0 radical (unpaired) electrons. The van der Waals surface area contributed by atoms with Crippen molar-refractivity contribution in [2.24, 2.45) is 0 Å². The zero-order chi connectivity index (χ0) is 11.7. The van der Waals surface area contributed by atoms with Crippen molar-refractivity contribution in [3.63, 3.8) is 0 Å². The summed E-state index contributed by atoms with van der Waals surface area (Å²) in [4.78, 5) is 33.0. The molecule has 0 unspecified atom stereocenters. The lowest BCUT2D eigenvalue weighted by atomic mass is 10.2. The Morgan fingerprint density at radius 2 is 1.87 bits per heavy atom. The van der Waals surface area contributed by atoms with Crippen molar-refractivity contribution in [3.05, 3.63) is 12.2 Å². The second-order valence-electron chi connectivity index (χ2n) is 3.14. The van der Waals surface area contributed by atoms with Gasteiger partial charge in [0.2, 0.25) is 5.91 Å². The van der Waals surface area contributed by atoms with E-state index in [9.17, 15) is 14.4 Å². The largest absolute Gasteiger partial charge is 0.349 e. The Labute approximate surface area is 89.7 Å². The molecular weight excluding hydrogens is 194 g/mol. The first-order chi connectivity index (χ1) is 7.10. The standard InChI is InChI=1S/C11H17NO3/c1-3-5-10(14)6-7-11(15)12-8-9(13)4-2/h3,5H,4,6-8H2,1-2H3,(H,12,15)/b5-3+. The molecule has 0 spiro atoms. The van der Waals surface area contributed by atoms with Gasteiger partial charge >= 0.3 is 0 Å². The Bertz CT molecular complexity index is 269. The number of nitrogens with one attached hydrogen (secondary N) is 1. The van der Waals surface area contributed by atoms with Crippen LogP contribution in [0, 0.1) is 0 Å². The van der Waals surface area contributed by atoms with Gasteiger partial charge in [0.15, 0.2) is 11.6 Å². The van der Waals surface area contributed by atoms with E-state index in [1.54, 1.807) is 19.9 Å². The molecule has 1 N–H and O–H groups in total. The summed E-state index contributed by atoms with van der Waals surface area (Å²) in [5.74, 6) is -0.341. The van der Waals surface area contributed by atoms with E-state index in [0.29, 0.717) is 6.42 Å². The number of hydrogen-bond acceptors (Lipinski definition) is 3. The van der Waals surface area contributed by atoms with Crippen molar-refractivity contribution in [1.82, 2.24) is 5.32 Å². The predicted octanol–water partition coefficient (Wildman–Crippen LogP) is 1.01. The van der Waals surface area contributed by atoms with E-state index < -0.39 is 0 Å². The van der Waals surface area contributed by atoms with Crippen molar-refractivity contribution in [2.45, 2.75) is 33.1 Å². The predicted molar refractivity (Wildman–Crippen MR) is 57.4 cm³/mol. The Balaban J connectivity index is 3.66. The van der Waals surface area contributed by atoms with Gasteiger partial charge in [0.25, 0.3) is 0 Å². The highest BCUT2D eigenvalue weighted by molar-refractivity contribution is 5.93. The van der Waals surface area contributed by atoms with E-state index in [1.807, 2.05) is 0 Å². The average Bonchev–Trinajstić information content (AvgIpc) is 2.23. The van der Waals surface area contributed by atoms with Gasteiger partial charge in [-0.15, -0.1) is 0 Å². The molecule has 0 aliphatic carbocycles. The monoisotopic (exact) mass is 211 g/mol. The van der Waals surface area contributed by atoms with Crippen molar-refractivity contribution < 1.29 is 14.4 Å².